The van der Waals surface area contributed by atoms with E-state index in [2.05, 4.69) is 17.6 Å². The third kappa shape index (κ3) is 5.70. The molecule has 0 bridgehead atoms. The van der Waals surface area contributed by atoms with E-state index in [0.717, 1.165) is 24.4 Å². The fraction of sp³-hybridized carbons (Fsp3) is 0.611. The average molecular weight is 341 g/mol. The zero-order valence-corrected chi connectivity index (χ0v) is 15.1. The predicted octanol–water partition coefficient (Wildman–Crippen LogP) is 3.32. The first-order valence-corrected chi connectivity index (χ1v) is 8.24. The lowest BCUT2D eigenvalue weighted by Gasteiger charge is -2.28. The van der Waals surface area contributed by atoms with Crippen LogP contribution in [0.1, 0.15) is 44.7 Å². The van der Waals surface area contributed by atoms with Crippen LogP contribution in [0.4, 0.5) is 0 Å². The summed E-state index contributed by atoms with van der Waals surface area (Å²) in [5.41, 5.74) is 1.02. The number of amides is 1. The fourth-order valence-corrected chi connectivity index (χ4v) is 3.23. The molecule has 1 saturated heterocycles. The standard InChI is InChI=1S/C18H28N2O2.ClH/c1-13(15-7-6-10-19-12-15)11-18(21)20-14(2)16-8-4-5-9-17(16)22-3;/h4-5,8-9,13-15,19H,6-7,10-12H2,1-3H3,(H,20,21);1H. The van der Waals surface area contributed by atoms with Gasteiger partial charge >= 0.3 is 0 Å². The molecule has 1 amide bonds. The third-order valence-corrected chi connectivity index (χ3v) is 4.63. The first kappa shape index (κ1) is 19.8. The molecule has 1 aliphatic heterocycles. The molecule has 0 spiro atoms. The molecule has 23 heavy (non-hydrogen) atoms. The highest BCUT2D eigenvalue weighted by molar-refractivity contribution is 5.85. The minimum Gasteiger partial charge on any atom is -0.496 e. The number of piperidine rings is 1. The zero-order valence-electron chi connectivity index (χ0n) is 14.3. The summed E-state index contributed by atoms with van der Waals surface area (Å²) in [7, 11) is 1.66. The Hall–Kier alpha value is -1.26. The lowest BCUT2D eigenvalue weighted by molar-refractivity contribution is -0.123. The Morgan fingerprint density at radius 2 is 2.13 bits per heavy atom. The van der Waals surface area contributed by atoms with Crippen LogP contribution in [0.2, 0.25) is 0 Å². The number of carbonyl (C=O) groups excluding carboxylic acids is 1. The van der Waals surface area contributed by atoms with Crippen molar-refractivity contribution in [3.63, 3.8) is 0 Å². The van der Waals surface area contributed by atoms with Crippen LogP contribution in [-0.2, 0) is 4.79 Å². The van der Waals surface area contributed by atoms with Crippen molar-refractivity contribution in [3.8, 4) is 5.75 Å². The van der Waals surface area contributed by atoms with Crippen molar-refractivity contribution in [2.45, 2.75) is 39.2 Å². The monoisotopic (exact) mass is 340 g/mol. The second-order valence-corrected chi connectivity index (χ2v) is 6.32. The Bertz CT molecular complexity index is 490. The van der Waals surface area contributed by atoms with Crippen molar-refractivity contribution in [3.05, 3.63) is 29.8 Å². The number of para-hydroxylation sites is 1. The van der Waals surface area contributed by atoms with Gasteiger partial charge in [0.2, 0.25) is 5.91 Å². The van der Waals surface area contributed by atoms with Gasteiger partial charge in [-0.25, -0.2) is 0 Å². The summed E-state index contributed by atoms with van der Waals surface area (Å²) in [4.78, 5) is 12.3. The van der Waals surface area contributed by atoms with Crippen LogP contribution in [0.5, 0.6) is 5.75 Å². The maximum absolute atomic E-state index is 12.3. The van der Waals surface area contributed by atoms with E-state index in [0.29, 0.717) is 18.3 Å². The number of nitrogens with one attached hydrogen (secondary N) is 2. The highest BCUT2D eigenvalue weighted by Crippen LogP contribution is 2.26. The van der Waals surface area contributed by atoms with E-state index in [9.17, 15) is 4.79 Å². The Kier molecular flexibility index (Phi) is 8.42. The topological polar surface area (TPSA) is 50.4 Å². The molecule has 3 atom stereocenters. The Labute approximate surface area is 145 Å². The molecule has 0 saturated carbocycles. The van der Waals surface area contributed by atoms with Gasteiger partial charge in [0.05, 0.1) is 13.2 Å². The van der Waals surface area contributed by atoms with Gasteiger partial charge in [0.15, 0.2) is 0 Å². The quantitative estimate of drug-likeness (QED) is 0.835. The minimum atomic E-state index is -0.0414. The highest BCUT2D eigenvalue weighted by atomic mass is 35.5. The van der Waals surface area contributed by atoms with Gasteiger partial charge in [-0.1, -0.05) is 25.1 Å². The second-order valence-electron chi connectivity index (χ2n) is 6.32. The summed E-state index contributed by atoms with van der Waals surface area (Å²) in [6.07, 6.45) is 3.03. The fourth-order valence-electron chi connectivity index (χ4n) is 3.23. The number of hydrogen-bond acceptors (Lipinski definition) is 3. The third-order valence-electron chi connectivity index (χ3n) is 4.63. The molecule has 5 heteroatoms. The molecule has 1 fully saturated rings. The molecule has 2 rings (SSSR count). The summed E-state index contributed by atoms with van der Waals surface area (Å²) < 4.78 is 5.36. The maximum atomic E-state index is 12.3. The first-order valence-electron chi connectivity index (χ1n) is 8.24. The van der Waals surface area contributed by atoms with Gasteiger partial charge in [-0.2, -0.15) is 0 Å². The maximum Gasteiger partial charge on any atom is 0.220 e. The van der Waals surface area contributed by atoms with Gasteiger partial charge in [0.1, 0.15) is 5.75 Å². The second kappa shape index (κ2) is 9.78. The molecule has 4 nitrogen and oxygen atoms in total. The molecular formula is C18H29ClN2O2. The van der Waals surface area contributed by atoms with Gasteiger partial charge in [0.25, 0.3) is 0 Å². The molecule has 1 aromatic rings. The number of benzene rings is 1. The minimum absolute atomic E-state index is 0. The van der Waals surface area contributed by atoms with Crippen LogP contribution in [0.25, 0.3) is 0 Å². The molecular weight excluding hydrogens is 312 g/mol. The van der Waals surface area contributed by atoms with Crippen molar-refractivity contribution in [1.82, 2.24) is 10.6 Å². The van der Waals surface area contributed by atoms with Crippen molar-refractivity contribution in [2.24, 2.45) is 11.8 Å². The summed E-state index contributed by atoms with van der Waals surface area (Å²) in [6.45, 7) is 6.34. The van der Waals surface area contributed by atoms with Crippen LogP contribution in [0.15, 0.2) is 24.3 Å². The van der Waals surface area contributed by atoms with E-state index in [1.807, 2.05) is 31.2 Å². The zero-order chi connectivity index (χ0) is 15.9. The number of hydrogen-bond donors (Lipinski definition) is 2. The molecule has 0 aliphatic carbocycles. The Balaban J connectivity index is 0.00000264. The first-order chi connectivity index (χ1) is 10.6. The summed E-state index contributed by atoms with van der Waals surface area (Å²) in [6, 6.07) is 7.79. The number of methoxy groups -OCH3 is 1. The molecule has 130 valence electrons. The molecule has 1 aliphatic rings. The SMILES string of the molecule is COc1ccccc1C(C)NC(=O)CC(C)C1CCCNC1.Cl. The van der Waals surface area contributed by atoms with Crippen LogP contribution in [0, 0.1) is 11.8 Å². The van der Waals surface area contributed by atoms with Crippen LogP contribution in [0.3, 0.4) is 0 Å². The highest BCUT2D eigenvalue weighted by Gasteiger charge is 2.23. The molecule has 1 heterocycles. The lowest BCUT2D eigenvalue weighted by Crippen LogP contribution is -2.36. The largest absolute Gasteiger partial charge is 0.496 e. The summed E-state index contributed by atoms with van der Waals surface area (Å²) in [5.74, 6) is 1.97. The van der Waals surface area contributed by atoms with Crippen LogP contribution >= 0.6 is 12.4 Å². The number of rotatable bonds is 6. The average Bonchev–Trinajstić information content (AvgIpc) is 2.55. The van der Waals surface area contributed by atoms with E-state index in [1.54, 1.807) is 7.11 Å². The van der Waals surface area contributed by atoms with Crippen molar-refractivity contribution >= 4 is 18.3 Å². The number of halogens is 1. The van der Waals surface area contributed by atoms with E-state index in [1.165, 1.54) is 12.8 Å². The van der Waals surface area contributed by atoms with Crippen LogP contribution in [-0.4, -0.2) is 26.1 Å². The van der Waals surface area contributed by atoms with E-state index >= 15 is 0 Å². The normalized spacial score (nSPS) is 20.0. The van der Waals surface area contributed by atoms with Crippen molar-refractivity contribution < 1.29 is 9.53 Å². The van der Waals surface area contributed by atoms with E-state index < -0.39 is 0 Å². The number of carbonyl (C=O) groups is 1. The van der Waals surface area contributed by atoms with Gasteiger partial charge in [0, 0.05) is 12.0 Å². The Morgan fingerprint density at radius 1 is 1.39 bits per heavy atom. The van der Waals surface area contributed by atoms with Crippen molar-refractivity contribution in [1.29, 1.82) is 0 Å². The van der Waals surface area contributed by atoms with Gasteiger partial charge in [-0.05, 0) is 50.8 Å². The molecule has 0 radical (unpaired) electrons. The number of ether oxygens (including phenoxy) is 1. The van der Waals surface area contributed by atoms with Crippen molar-refractivity contribution in [2.75, 3.05) is 20.2 Å². The summed E-state index contributed by atoms with van der Waals surface area (Å²) in [5, 5.41) is 6.52. The molecule has 1 aromatic carbocycles. The molecule has 2 N–H and O–H groups in total. The van der Waals surface area contributed by atoms with Gasteiger partial charge in [-0.15, -0.1) is 12.4 Å². The smallest absolute Gasteiger partial charge is 0.220 e. The van der Waals surface area contributed by atoms with E-state index in [4.69, 9.17) is 4.74 Å². The predicted molar refractivity (Wildman–Crippen MR) is 96.2 cm³/mol. The lowest BCUT2D eigenvalue weighted by atomic mass is 9.85. The molecule has 0 aromatic heterocycles. The van der Waals surface area contributed by atoms with E-state index in [-0.39, 0.29) is 24.4 Å². The Morgan fingerprint density at radius 3 is 2.78 bits per heavy atom. The summed E-state index contributed by atoms with van der Waals surface area (Å²) >= 11 is 0. The van der Waals surface area contributed by atoms with Gasteiger partial charge in [-0.3, -0.25) is 4.79 Å². The van der Waals surface area contributed by atoms with Crippen LogP contribution < -0.4 is 15.4 Å². The van der Waals surface area contributed by atoms with Gasteiger partial charge < -0.3 is 15.4 Å². The molecule has 3 unspecified atom stereocenters.